The van der Waals surface area contributed by atoms with E-state index in [1.165, 1.54) is 21.5 Å². The quantitative estimate of drug-likeness (QED) is 0.184. The maximum Gasteiger partial charge on any atom is 0.0715 e. The molecule has 3 nitrogen and oxygen atoms in total. The first-order valence-corrected chi connectivity index (χ1v) is 17.6. The highest BCUT2D eigenvalue weighted by Crippen LogP contribution is 2.37. The lowest BCUT2D eigenvalue weighted by molar-refractivity contribution is 1.32. The average Bonchev–Trinajstić information content (AvgIpc) is 3.22. The molecule has 0 radical (unpaired) electrons. The van der Waals surface area contributed by atoms with Gasteiger partial charge >= 0.3 is 0 Å². The smallest absolute Gasteiger partial charge is 0.0715 e. The lowest BCUT2D eigenvalue weighted by atomic mass is 9.93. The Hall–Kier alpha value is -6.97. The van der Waals surface area contributed by atoms with Crippen LogP contribution in [0.1, 0.15) is 0 Å². The first kappa shape index (κ1) is 29.9. The largest absolute Gasteiger partial charge is 0.256 e. The second-order valence-electron chi connectivity index (χ2n) is 13.4. The van der Waals surface area contributed by atoms with Crippen molar-refractivity contribution in [1.29, 1.82) is 0 Å². The van der Waals surface area contributed by atoms with E-state index in [1.54, 1.807) is 0 Å². The molecule has 0 bridgehead atoms. The molecule has 0 aliphatic heterocycles. The lowest BCUT2D eigenvalue weighted by Gasteiger charge is -2.14. The third-order valence-electron chi connectivity index (χ3n) is 10.0. The van der Waals surface area contributed by atoms with Crippen molar-refractivity contribution in [2.24, 2.45) is 0 Å². The summed E-state index contributed by atoms with van der Waals surface area (Å²) in [7, 11) is 0. The van der Waals surface area contributed by atoms with E-state index < -0.39 is 0 Å². The highest BCUT2D eigenvalue weighted by molar-refractivity contribution is 5.92. The van der Waals surface area contributed by atoms with Gasteiger partial charge in [-0.1, -0.05) is 121 Å². The molecule has 0 amide bonds. The fraction of sp³-hybridized carbons (Fsp3) is 0. The van der Waals surface area contributed by atoms with E-state index in [2.05, 4.69) is 176 Å². The van der Waals surface area contributed by atoms with E-state index in [9.17, 15) is 0 Å². The Balaban J connectivity index is 1.21. The van der Waals surface area contributed by atoms with Crippen molar-refractivity contribution in [1.82, 2.24) is 15.0 Å². The van der Waals surface area contributed by atoms with Crippen molar-refractivity contribution in [3.63, 3.8) is 0 Å². The van der Waals surface area contributed by atoms with Crippen LogP contribution >= 0.6 is 0 Å². The van der Waals surface area contributed by atoms with Gasteiger partial charge in [0.05, 0.1) is 28.3 Å². The van der Waals surface area contributed by atoms with E-state index >= 15 is 0 Å². The minimum atomic E-state index is 0.918. The molecule has 10 rings (SSSR count). The van der Waals surface area contributed by atoms with Crippen LogP contribution in [0.4, 0.5) is 0 Å². The highest BCUT2D eigenvalue weighted by atomic mass is 14.7. The van der Waals surface area contributed by atoms with E-state index in [-0.39, 0.29) is 0 Å². The van der Waals surface area contributed by atoms with Crippen LogP contribution in [-0.4, -0.2) is 15.0 Å². The highest BCUT2D eigenvalue weighted by Gasteiger charge is 2.15. The number of pyridine rings is 3. The minimum absolute atomic E-state index is 0.918. The van der Waals surface area contributed by atoms with Crippen molar-refractivity contribution >= 4 is 43.2 Å². The molecule has 3 heteroatoms. The third-order valence-corrected chi connectivity index (χ3v) is 10.0. The Bertz CT molecular complexity index is 2580. The van der Waals surface area contributed by atoms with E-state index in [0.717, 1.165) is 77.8 Å². The summed E-state index contributed by atoms with van der Waals surface area (Å²) in [6, 6.07) is 64.4. The molecule has 52 heavy (non-hydrogen) atoms. The number of aromatic nitrogens is 3. The first-order chi connectivity index (χ1) is 25.7. The van der Waals surface area contributed by atoms with Gasteiger partial charge in [-0.15, -0.1) is 0 Å². The van der Waals surface area contributed by atoms with E-state index in [1.807, 2.05) is 12.3 Å². The fourth-order valence-corrected chi connectivity index (χ4v) is 7.25. The zero-order chi connectivity index (χ0) is 34.4. The van der Waals surface area contributed by atoms with Crippen LogP contribution in [0.2, 0.25) is 0 Å². The summed E-state index contributed by atoms with van der Waals surface area (Å²) >= 11 is 0. The maximum absolute atomic E-state index is 5.32. The third kappa shape index (κ3) is 5.55. The number of para-hydroxylation sites is 1. The normalized spacial score (nSPS) is 11.5. The van der Waals surface area contributed by atoms with Crippen LogP contribution in [-0.2, 0) is 0 Å². The Morgan fingerprint density at radius 1 is 0.250 bits per heavy atom. The first-order valence-electron chi connectivity index (χ1n) is 17.6. The Morgan fingerprint density at radius 2 is 0.731 bits per heavy atom. The maximum atomic E-state index is 5.32. The topological polar surface area (TPSA) is 38.7 Å². The molecule has 3 aromatic heterocycles. The summed E-state index contributed by atoms with van der Waals surface area (Å²) in [5.41, 5.74) is 11.0. The Labute approximate surface area is 301 Å². The molecule has 10 aromatic rings. The number of nitrogens with zero attached hydrogens (tertiary/aromatic N) is 3. The predicted octanol–water partition coefficient (Wildman–Crippen LogP) is 12.8. The Morgan fingerprint density at radius 3 is 1.38 bits per heavy atom. The fourth-order valence-electron chi connectivity index (χ4n) is 7.25. The predicted molar refractivity (Wildman–Crippen MR) is 217 cm³/mol. The lowest BCUT2D eigenvalue weighted by Crippen LogP contribution is -1.94. The van der Waals surface area contributed by atoms with Crippen LogP contribution < -0.4 is 0 Å². The second kappa shape index (κ2) is 12.4. The number of fused-ring (bicyclic) bond motifs is 4. The van der Waals surface area contributed by atoms with Gasteiger partial charge in [0, 0.05) is 39.2 Å². The molecular weight excluding hydrogens is 631 g/mol. The van der Waals surface area contributed by atoms with Crippen LogP contribution in [0.25, 0.3) is 99.4 Å². The standard InChI is InChI=1S/C49H31N3/c1-3-12-35-23-38(19-17-32(35)9-1)48-29-42(30-49(52-48)39-20-18-33-10-2-4-13-36(33)24-39)41-25-43(46-22-21-34-11-7-8-16-45(34)51-46)27-44(26-41)47-28-37-14-5-6-15-40(37)31-50-47/h1-31H. The minimum Gasteiger partial charge on any atom is -0.256 e. The van der Waals surface area contributed by atoms with Crippen molar-refractivity contribution < 1.29 is 0 Å². The molecule has 3 heterocycles. The number of hydrogen-bond acceptors (Lipinski definition) is 3. The van der Waals surface area contributed by atoms with Gasteiger partial charge in [0.1, 0.15) is 0 Å². The van der Waals surface area contributed by atoms with Gasteiger partial charge in [-0.25, -0.2) is 9.97 Å². The molecule has 0 spiro atoms. The van der Waals surface area contributed by atoms with Crippen LogP contribution in [0, 0.1) is 0 Å². The van der Waals surface area contributed by atoms with Gasteiger partial charge in [0.2, 0.25) is 0 Å². The number of benzene rings is 7. The van der Waals surface area contributed by atoms with Gasteiger partial charge in [-0.2, -0.15) is 0 Å². The summed E-state index contributed by atoms with van der Waals surface area (Å²) in [6.45, 7) is 0. The van der Waals surface area contributed by atoms with Crippen molar-refractivity contribution in [2.45, 2.75) is 0 Å². The summed E-state index contributed by atoms with van der Waals surface area (Å²) in [4.78, 5) is 15.4. The summed E-state index contributed by atoms with van der Waals surface area (Å²) in [5, 5.41) is 8.19. The summed E-state index contributed by atoms with van der Waals surface area (Å²) < 4.78 is 0. The zero-order valence-corrected chi connectivity index (χ0v) is 28.2. The van der Waals surface area contributed by atoms with Crippen LogP contribution in [0.3, 0.4) is 0 Å². The number of hydrogen-bond donors (Lipinski definition) is 0. The molecule has 0 aliphatic carbocycles. The van der Waals surface area contributed by atoms with Gasteiger partial charge in [0.25, 0.3) is 0 Å². The molecule has 0 saturated heterocycles. The van der Waals surface area contributed by atoms with Crippen LogP contribution in [0.15, 0.2) is 188 Å². The second-order valence-corrected chi connectivity index (χ2v) is 13.4. The molecule has 0 unspecified atom stereocenters. The summed E-state index contributed by atoms with van der Waals surface area (Å²) in [6.07, 6.45) is 1.97. The molecule has 242 valence electrons. The van der Waals surface area contributed by atoms with Crippen molar-refractivity contribution in [3.05, 3.63) is 188 Å². The molecule has 0 saturated carbocycles. The molecule has 0 aliphatic rings. The Kier molecular flexibility index (Phi) is 7.14. The zero-order valence-electron chi connectivity index (χ0n) is 28.2. The van der Waals surface area contributed by atoms with Gasteiger partial charge in [0.15, 0.2) is 0 Å². The van der Waals surface area contributed by atoms with Gasteiger partial charge < -0.3 is 0 Å². The van der Waals surface area contributed by atoms with E-state index in [0.29, 0.717) is 0 Å². The number of rotatable bonds is 5. The molecule has 0 atom stereocenters. The monoisotopic (exact) mass is 661 g/mol. The van der Waals surface area contributed by atoms with Gasteiger partial charge in [-0.05, 0) is 98.7 Å². The SMILES string of the molecule is c1ccc2cc(-c3cc(-c4cc(-c5cc6ccccc6cn5)cc(-c5ccc6ccccc6n5)c4)cc(-c4ccc5ccccc5c4)n3)ccc2c1. The van der Waals surface area contributed by atoms with Crippen molar-refractivity contribution in [2.75, 3.05) is 0 Å². The van der Waals surface area contributed by atoms with Crippen LogP contribution in [0.5, 0.6) is 0 Å². The summed E-state index contributed by atoms with van der Waals surface area (Å²) in [5.74, 6) is 0. The molecule has 0 N–H and O–H groups in total. The molecular formula is C49H31N3. The molecule has 7 aromatic carbocycles. The molecule has 0 fully saturated rings. The van der Waals surface area contributed by atoms with Crippen molar-refractivity contribution in [3.8, 4) is 56.2 Å². The van der Waals surface area contributed by atoms with Gasteiger partial charge in [-0.3, -0.25) is 4.98 Å². The van der Waals surface area contributed by atoms with E-state index in [4.69, 9.17) is 15.0 Å². The average molecular weight is 662 g/mol.